The summed E-state index contributed by atoms with van der Waals surface area (Å²) in [5.41, 5.74) is 1.06. The SMILES string of the molecule is CC(C)NC(=O)c1cc2c(s1)CCN2c1ncccn1. The highest BCUT2D eigenvalue weighted by Crippen LogP contribution is 2.38. The molecule has 3 heterocycles. The molecule has 0 aromatic carbocycles. The zero-order chi connectivity index (χ0) is 14.1. The van der Waals surface area contributed by atoms with E-state index in [4.69, 9.17) is 0 Å². The molecule has 104 valence electrons. The Morgan fingerprint density at radius 2 is 2.15 bits per heavy atom. The van der Waals surface area contributed by atoms with Crippen LogP contribution in [0.2, 0.25) is 0 Å². The van der Waals surface area contributed by atoms with E-state index in [2.05, 4.69) is 20.2 Å². The van der Waals surface area contributed by atoms with Crippen molar-refractivity contribution in [2.75, 3.05) is 11.4 Å². The van der Waals surface area contributed by atoms with Crippen LogP contribution < -0.4 is 10.2 Å². The molecule has 0 fully saturated rings. The zero-order valence-corrected chi connectivity index (χ0v) is 12.3. The lowest BCUT2D eigenvalue weighted by atomic mass is 10.3. The van der Waals surface area contributed by atoms with Crippen LogP contribution in [0.5, 0.6) is 0 Å². The molecule has 0 saturated carbocycles. The third kappa shape index (κ3) is 2.38. The number of carbonyl (C=O) groups is 1. The first kappa shape index (κ1) is 13.1. The van der Waals surface area contributed by atoms with Crippen molar-refractivity contribution in [2.24, 2.45) is 0 Å². The van der Waals surface area contributed by atoms with Gasteiger partial charge < -0.3 is 10.2 Å². The van der Waals surface area contributed by atoms with Gasteiger partial charge in [0, 0.05) is 36.3 Å². The summed E-state index contributed by atoms with van der Waals surface area (Å²) in [4.78, 5) is 24.7. The van der Waals surface area contributed by atoms with Crippen molar-refractivity contribution >= 4 is 28.9 Å². The Morgan fingerprint density at radius 3 is 2.85 bits per heavy atom. The van der Waals surface area contributed by atoms with Crippen molar-refractivity contribution in [2.45, 2.75) is 26.3 Å². The van der Waals surface area contributed by atoms with Gasteiger partial charge in [-0.2, -0.15) is 0 Å². The summed E-state index contributed by atoms with van der Waals surface area (Å²) in [6.45, 7) is 4.80. The van der Waals surface area contributed by atoms with E-state index in [0.717, 1.165) is 23.5 Å². The van der Waals surface area contributed by atoms with E-state index in [1.165, 1.54) is 4.88 Å². The number of nitrogens with zero attached hydrogens (tertiary/aromatic N) is 3. The van der Waals surface area contributed by atoms with Crippen LogP contribution in [0.1, 0.15) is 28.4 Å². The third-order valence-corrected chi connectivity index (χ3v) is 4.26. The smallest absolute Gasteiger partial charge is 0.261 e. The van der Waals surface area contributed by atoms with Crippen LogP contribution in [0.25, 0.3) is 0 Å². The van der Waals surface area contributed by atoms with Gasteiger partial charge in [-0.05, 0) is 26.0 Å². The normalized spacial score (nSPS) is 13.7. The number of aromatic nitrogens is 2. The van der Waals surface area contributed by atoms with E-state index >= 15 is 0 Å². The van der Waals surface area contributed by atoms with Crippen LogP contribution in [0.4, 0.5) is 11.6 Å². The van der Waals surface area contributed by atoms with E-state index in [1.807, 2.05) is 19.9 Å². The number of anilines is 2. The lowest BCUT2D eigenvalue weighted by Gasteiger charge is -2.15. The second kappa shape index (κ2) is 5.20. The summed E-state index contributed by atoms with van der Waals surface area (Å²) in [6, 6.07) is 3.89. The fourth-order valence-corrected chi connectivity index (χ4v) is 3.30. The molecule has 2 aromatic rings. The molecule has 0 spiro atoms. The Kier molecular flexibility index (Phi) is 3.40. The van der Waals surface area contributed by atoms with Gasteiger partial charge in [-0.25, -0.2) is 9.97 Å². The monoisotopic (exact) mass is 288 g/mol. The average Bonchev–Trinajstić information content (AvgIpc) is 2.98. The highest BCUT2D eigenvalue weighted by Gasteiger charge is 2.26. The maximum atomic E-state index is 12.1. The van der Waals surface area contributed by atoms with Gasteiger partial charge in [0.15, 0.2) is 0 Å². The summed E-state index contributed by atoms with van der Waals surface area (Å²) in [5.74, 6) is 0.688. The Bertz CT molecular complexity index is 623. The molecular formula is C14H16N4OS. The van der Waals surface area contributed by atoms with Crippen LogP contribution in [0.15, 0.2) is 24.5 Å². The maximum Gasteiger partial charge on any atom is 0.261 e. The second-order valence-corrected chi connectivity index (χ2v) is 6.13. The van der Waals surface area contributed by atoms with Crippen LogP contribution in [-0.4, -0.2) is 28.5 Å². The van der Waals surface area contributed by atoms with Crippen LogP contribution in [-0.2, 0) is 6.42 Å². The summed E-state index contributed by atoms with van der Waals surface area (Å²) in [7, 11) is 0. The van der Waals surface area contributed by atoms with E-state index in [9.17, 15) is 4.79 Å². The van der Waals surface area contributed by atoms with Gasteiger partial charge in [-0.15, -0.1) is 11.3 Å². The minimum absolute atomic E-state index is 0.00618. The van der Waals surface area contributed by atoms with Crippen molar-refractivity contribution in [1.82, 2.24) is 15.3 Å². The molecule has 1 N–H and O–H groups in total. The highest BCUT2D eigenvalue weighted by atomic mass is 32.1. The van der Waals surface area contributed by atoms with Crippen LogP contribution >= 0.6 is 11.3 Å². The quantitative estimate of drug-likeness (QED) is 0.942. The number of amides is 1. The lowest BCUT2D eigenvalue weighted by molar-refractivity contribution is 0.0947. The van der Waals surface area contributed by atoms with Crippen molar-refractivity contribution in [1.29, 1.82) is 0 Å². The average molecular weight is 288 g/mol. The molecule has 6 heteroatoms. The number of fused-ring (bicyclic) bond motifs is 1. The fourth-order valence-electron chi connectivity index (χ4n) is 2.24. The molecule has 0 aliphatic carbocycles. The van der Waals surface area contributed by atoms with Gasteiger partial charge >= 0.3 is 0 Å². The summed E-state index contributed by atoms with van der Waals surface area (Å²) < 4.78 is 0. The number of carbonyl (C=O) groups excluding carboxylic acids is 1. The van der Waals surface area contributed by atoms with Gasteiger partial charge in [0.25, 0.3) is 5.91 Å². The first-order chi connectivity index (χ1) is 9.65. The molecule has 0 atom stereocenters. The standard InChI is InChI=1S/C14H16N4OS/c1-9(2)17-13(19)12-8-10-11(20-12)4-7-18(10)14-15-5-3-6-16-14/h3,5-6,8-9H,4,7H2,1-2H3,(H,17,19). The molecule has 0 saturated heterocycles. The van der Waals surface area contributed by atoms with Gasteiger partial charge in [0.1, 0.15) is 0 Å². The number of hydrogen-bond donors (Lipinski definition) is 1. The number of hydrogen-bond acceptors (Lipinski definition) is 5. The van der Waals surface area contributed by atoms with Crippen molar-refractivity contribution in [3.63, 3.8) is 0 Å². The number of rotatable bonds is 3. The lowest BCUT2D eigenvalue weighted by Crippen LogP contribution is -2.29. The molecule has 1 aliphatic rings. The Hall–Kier alpha value is -1.95. The molecule has 3 rings (SSSR count). The van der Waals surface area contributed by atoms with Crippen molar-refractivity contribution in [3.8, 4) is 0 Å². The fraction of sp³-hybridized carbons (Fsp3) is 0.357. The highest BCUT2D eigenvalue weighted by molar-refractivity contribution is 7.14. The molecule has 5 nitrogen and oxygen atoms in total. The summed E-state index contributed by atoms with van der Waals surface area (Å²) >= 11 is 1.56. The molecule has 1 aliphatic heterocycles. The van der Waals surface area contributed by atoms with Gasteiger partial charge in [-0.1, -0.05) is 0 Å². The Morgan fingerprint density at radius 1 is 1.40 bits per heavy atom. The van der Waals surface area contributed by atoms with E-state index in [0.29, 0.717) is 5.95 Å². The molecule has 0 bridgehead atoms. The van der Waals surface area contributed by atoms with E-state index < -0.39 is 0 Å². The van der Waals surface area contributed by atoms with Gasteiger partial charge in [0.05, 0.1) is 10.6 Å². The molecule has 0 radical (unpaired) electrons. The predicted octanol–water partition coefficient (Wildman–Crippen LogP) is 2.37. The van der Waals surface area contributed by atoms with Gasteiger partial charge in [0.2, 0.25) is 5.95 Å². The number of nitrogens with one attached hydrogen (secondary N) is 1. The number of thiophene rings is 1. The third-order valence-electron chi connectivity index (χ3n) is 3.08. The molecular weight excluding hydrogens is 272 g/mol. The molecule has 2 aromatic heterocycles. The summed E-state index contributed by atoms with van der Waals surface area (Å²) in [6.07, 6.45) is 4.41. The maximum absolute atomic E-state index is 12.1. The Balaban J connectivity index is 1.87. The first-order valence-corrected chi connectivity index (χ1v) is 7.45. The zero-order valence-electron chi connectivity index (χ0n) is 11.5. The Labute approximate surface area is 121 Å². The second-order valence-electron chi connectivity index (χ2n) is 5.00. The minimum atomic E-state index is -0.00618. The largest absolute Gasteiger partial charge is 0.349 e. The predicted molar refractivity (Wildman–Crippen MR) is 79.7 cm³/mol. The topological polar surface area (TPSA) is 58.1 Å². The van der Waals surface area contributed by atoms with Crippen LogP contribution in [0, 0.1) is 0 Å². The molecule has 20 heavy (non-hydrogen) atoms. The van der Waals surface area contributed by atoms with Gasteiger partial charge in [-0.3, -0.25) is 4.79 Å². The van der Waals surface area contributed by atoms with E-state index in [1.54, 1.807) is 29.8 Å². The molecule has 0 unspecified atom stereocenters. The minimum Gasteiger partial charge on any atom is -0.349 e. The van der Waals surface area contributed by atoms with Crippen molar-refractivity contribution in [3.05, 3.63) is 34.3 Å². The van der Waals surface area contributed by atoms with E-state index in [-0.39, 0.29) is 11.9 Å². The van der Waals surface area contributed by atoms with Crippen molar-refractivity contribution < 1.29 is 4.79 Å². The summed E-state index contributed by atoms with van der Waals surface area (Å²) in [5, 5.41) is 2.92. The van der Waals surface area contributed by atoms with Crippen LogP contribution in [0.3, 0.4) is 0 Å². The first-order valence-electron chi connectivity index (χ1n) is 6.63. The molecule has 1 amide bonds.